The number of nitrogens with one attached hydrogen (secondary N) is 1. The summed E-state index contributed by atoms with van der Waals surface area (Å²) in [6.45, 7) is 0. The molecule has 0 amide bonds. The first kappa shape index (κ1) is 11.6. The van der Waals surface area contributed by atoms with Crippen molar-refractivity contribution in [2.24, 2.45) is 11.8 Å². The highest BCUT2D eigenvalue weighted by Gasteiger charge is 2.23. The van der Waals surface area contributed by atoms with Gasteiger partial charge in [0, 0.05) is 5.39 Å². The summed E-state index contributed by atoms with van der Waals surface area (Å²) in [7, 11) is 0. The lowest BCUT2D eigenvalue weighted by atomic mass is 9.80. The van der Waals surface area contributed by atoms with Crippen LogP contribution in [0, 0.1) is 5.92 Å². The predicted octanol–water partition coefficient (Wildman–Crippen LogP) is 2.93. The van der Waals surface area contributed by atoms with Crippen LogP contribution in [0.25, 0.3) is 10.9 Å². The van der Waals surface area contributed by atoms with E-state index in [0.29, 0.717) is 0 Å². The van der Waals surface area contributed by atoms with Gasteiger partial charge in [-0.15, -0.1) is 0 Å². The molecular weight excluding hydrogens is 222 g/mol. The molecule has 3 heteroatoms. The summed E-state index contributed by atoms with van der Waals surface area (Å²) in [6, 6.07) is 12.6. The molecular formula is C15H19N3. The Hall–Kier alpha value is -1.45. The maximum absolute atomic E-state index is 5.69. The minimum atomic E-state index is 0.180. The Bertz CT molecular complexity index is 534. The van der Waals surface area contributed by atoms with E-state index in [1.165, 1.54) is 24.6 Å². The maximum atomic E-state index is 5.69. The number of hydrogen-bond acceptors (Lipinski definition) is 3. The summed E-state index contributed by atoms with van der Waals surface area (Å²) in [5, 5.41) is 1.18. The minimum absolute atomic E-state index is 0.180. The van der Waals surface area contributed by atoms with Crippen molar-refractivity contribution in [3.63, 3.8) is 0 Å². The van der Waals surface area contributed by atoms with Crippen LogP contribution in [0.4, 0.5) is 0 Å². The number of rotatable bonds is 4. The monoisotopic (exact) mass is 241 g/mol. The third kappa shape index (κ3) is 2.24. The fourth-order valence-electron chi connectivity index (χ4n) is 2.61. The Labute approximate surface area is 107 Å². The average molecular weight is 241 g/mol. The first-order chi connectivity index (χ1) is 8.86. The van der Waals surface area contributed by atoms with Crippen molar-refractivity contribution in [3.8, 4) is 0 Å². The molecule has 3 rings (SSSR count). The quantitative estimate of drug-likeness (QED) is 0.639. The van der Waals surface area contributed by atoms with Crippen LogP contribution < -0.4 is 11.3 Å². The van der Waals surface area contributed by atoms with Crippen LogP contribution in [0.15, 0.2) is 36.4 Å². The molecule has 0 bridgehead atoms. The number of hydrazine groups is 1. The van der Waals surface area contributed by atoms with Gasteiger partial charge in [0.1, 0.15) is 0 Å². The number of aromatic nitrogens is 1. The van der Waals surface area contributed by atoms with Crippen LogP contribution in [0.5, 0.6) is 0 Å². The van der Waals surface area contributed by atoms with Gasteiger partial charge in [0.05, 0.1) is 17.3 Å². The molecule has 18 heavy (non-hydrogen) atoms. The van der Waals surface area contributed by atoms with Crippen LogP contribution in [-0.4, -0.2) is 4.98 Å². The summed E-state index contributed by atoms with van der Waals surface area (Å²) in [5.74, 6) is 6.50. The molecule has 1 aliphatic carbocycles. The third-order valence-electron chi connectivity index (χ3n) is 3.97. The number of para-hydroxylation sites is 1. The number of pyridine rings is 1. The number of nitrogens with two attached hydrogens (primary N) is 1. The first-order valence-corrected chi connectivity index (χ1v) is 6.68. The van der Waals surface area contributed by atoms with E-state index in [1.54, 1.807) is 0 Å². The molecule has 1 unspecified atom stereocenters. The maximum Gasteiger partial charge on any atom is 0.0706 e. The molecule has 0 spiro atoms. The molecule has 3 nitrogen and oxygen atoms in total. The van der Waals surface area contributed by atoms with Gasteiger partial charge in [-0.25, -0.2) is 0 Å². The number of fused-ring (bicyclic) bond motifs is 1. The van der Waals surface area contributed by atoms with Crippen LogP contribution in [0.3, 0.4) is 0 Å². The van der Waals surface area contributed by atoms with Gasteiger partial charge in [0.15, 0.2) is 0 Å². The average Bonchev–Trinajstić information content (AvgIpc) is 2.37. The number of nitrogens with zero attached hydrogens (tertiary/aromatic N) is 1. The molecule has 0 aliphatic heterocycles. The van der Waals surface area contributed by atoms with Crippen LogP contribution in [0.2, 0.25) is 0 Å². The van der Waals surface area contributed by atoms with Gasteiger partial charge < -0.3 is 0 Å². The van der Waals surface area contributed by atoms with Gasteiger partial charge in [-0.1, -0.05) is 43.5 Å². The van der Waals surface area contributed by atoms with Crippen molar-refractivity contribution in [2.75, 3.05) is 0 Å². The summed E-state index contributed by atoms with van der Waals surface area (Å²) < 4.78 is 0. The zero-order valence-corrected chi connectivity index (χ0v) is 10.5. The van der Waals surface area contributed by atoms with Gasteiger partial charge in [-0.2, -0.15) is 0 Å². The zero-order chi connectivity index (χ0) is 12.4. The largest absolute Gasteiger partial charge is 0.271 e. The first-order valence-electron chi connectivity index (χ1n) is 6.68. The molecule has 0 saturated heterocycles. The Morgan fingerprint density at radius 3 is 2.78 bits per heavy atom. The molecule has 94 valence electrons. The molecule has 3 N–H and O–H groups in total. The third-order valence-corrected chi connectivity index (χ3v) is 3.97. The second-order valence-corrected chi connectivity index (χ2v) is 5.18. The molecule has 1 fully saturated rings. The molecule has 1 aromatic carbocycles. The fraction of sp³-hybridized carbons (Fsp3) is 0.400. The van der Waals surface area contributed by atoms with Crippen LogP contribution in [-0.2, 0) is 0 Å². The normalized spacial score (nSPS) is 17.6. The molecule has 1 heterocycles. The van der Waals surface area contributed by atoms with E-state index in [4.69, 9.17) is 10.8 Å². The van der Waals surface area contributed by atoms with Crippen molar-refractivity contribution < 1.29 is 0 Å². The van der Waals surface area contributed by atoms with Crippen LogP contribution >= 0.6 is 0 Å². The number of hydrogen-bond donors (Lipinski definition) is 2. The highest BCUT2D eigenvalue weighted by Crippen LogP contribution is 2.34. The lowest BCUT2D eigenvalue weighted by Gasteiger charge is -2.29. The zero-order valence-electron chi connectivity index (χ0n) is 10.5. The van der Waals surface area contributed by atoms with Crippen molar-refractivity contribution in [1.29, 1.82) is 0 Å². The van der Waals surface area contributed by atoms with Crippen molar-refractivity contribution in [2.45, 2.75) is 31.7 Å². The predicted molar refractivity (Wildman–Crippen MR) is 73.8 cm³/mol. The lowest BCUT2D eigenvalue weighted by molar-refractivity contribution is 0.260. The van der Waals surface area contributed by atoms with E-state index in [0.717, 1.165) is 23.5 Å². The van der Waals surface area contributed by atoms with Gasteiger partial charge >= 0.3 is 0 Å². The Morgan fingerprint density at radius 2 is 2.06 bits per heavy atom. The van der Waals surface area contributed by atoms with E-state index >= 15 is 0 Å². The molecule has 1 aromatic heterocycles. The van der Waals surface area contributed by atoms with E-state index in [2.05, 4.69) is 29.7 Å². The van der Waals surface area contributed by atoms with E-state index in [9.17, 15) is 0 Å². The van der Waals surface area contributed by atoms with E-state index in [-0.39, 0.29) is 6.04 Å². The second-order valence-electron chi connectivity index (χ2n) is 5.18. The Kier molecular flexibility index (Phi) is 3.26. The summed E-state index contributed by atoms with van der Waals surface area (Å²) in [5.41, 5.74) is 5.02. The molecule has 1 aliphatic rings. The van der Waals surface area contributed by atoms with Crippen molar-refractivity contribution in [3.05, 3.63) is 42.1 Å². The highest BCUT2D eigenvalue weighted by molar-refractivity contribution is 5.78. The molecule has 1 saturated carbocycles. The Morgan fingerprint density at radius 1 is 1.22 bits per heavy atom. The van der Waals surface area contributed by atoms with Gasteiger partial charge in [-0.05, 0) is 24.5 Å². The summed E-state index contributed by atoms with van der Waals surface area (Å²) in [6.07, 6.45) is 5.15. The van der Waals surface area contributed by atoms with Crippen LogP contribution in [0.1, 0.15) is 37.4 Å². The smallest absolute Gasteiger partial charge is 0.0706 e. The number of benzene rings is 1. The van der Waals surface area contributed by atoms with Gasteiger partial charge in [0.25, 0.3) is 0 Å². The van der Waals surface area contributed by atoms with E-state index in [1.807, 2.05) is 12.1 Å². The molecule has 0 radical (unpaired) electrons. The van der Waals surface area contributed by atoms with E-state index < -0.39 is 0 Å². The minimum Gasteiger partial charge on any atom is -0.271 e. The second kappa shape index (κ2) is 5.04. The molecule has 2 aromatic rings. The van der Waals surface area contributed by atoms with Gasteiger partial charge in [0.2, 0.25) is 0 Å². The fourth-order valence-corrected chi connectivity index (χ4v) is 2.61. The standard InChI is InChI=1S/C15H19N3/c16-18-15(10-11-4-3-5-11)14-9-8-12-6-1-2-7-13(12)17-14/h1-2,6-9,11,15,18H,3-5,10,16H2. The highest BCUT2D eigenvalue weighted by atomic mass is 15.2. The SMILES string of the molecule is NNC(CC1CCC1)c1ccc2ccccc2n1. The van der Waals surface area contributed by atoms with Crippen molar-refractivity contribution >= 4 is 10.9 Å². The Balaban J connectivity index is 1.86. The lowest BCUT2D eigenvalue weighted by Crippen LogP contribution is -2.31. The summed E-state index contributed by atoms with van der Waals surface area (Å²) in [4.78, 5) is 4.72. The van der Waals surface area contributed by atoms with Crippen molar-refractivity contribution in [1.82, 2.24) is 10.4 Å². The topological polar surface area (TPSA) is 50.9 Å². The molecule has 1 atom stereocenters. The summed E-state index contributed by atoms with van der Waals surface area (Å²) >= 11 is 0. The van der Waals surface area contributed by atoms with Gasteiger partial charge in [-0.3, -0.25) is 16.3 Å².